The zero-order chi connectivity index (χ0) is 13.1. The van der Waals surface area contributed by atoms with Crippen LogP contribution in [0.2, 0.25) is 0 Å². The van der Waals surface area contributed by atoms with Crippen molar-refractivity contribution >= 4 is 5.97 Å². The SMILES string of the molecule is CC1OCCC1CNCC(C(=O)O)C(F)(F)F. The van der Waals surface area contributed by atoms with Crippen LogP contribution in [0.4, 0.5) is 13.2 Å². The van der Waals surface area contributed by atoms with E-state index in [2.05, 4.69) is 5.32 Å². The summed E-state index contributed by atoms with van der Waals surface area (Å²) >= 11 is 0. The van der Waals surface area contributed by atoms with Gasteiger partial charge in [0, 0.05) is 19.7 Å². The number of alkyl halides is 3. The summed E-state index contributed by atoms with van der Waals surface area (Å²) in [5.41, 5.74) is 0. The van der Waals surface area contributed by atoms with Gasteiger partial charge in [0.15, 0.2) is 5.92 Å². The molecule has 0 aromatic carbocycles. The summed E-state index contributed by atoms with van der Waals surface area (Å²) in [5.74, 6) is -4.04. The highest BCUT2D eigenvalue weighted by Gasteiger charge is 2.44. The molecule has 0 aromatic heterocycles. The molecule has 0 saturated carbocycles. The molecule has 0 aliphatic carbocycles. The molecule has 17 heavy (non-hydrogen) atoms. The van der Waals surface area contributed by atoms with Gasteiger partial charge in [-0.3, -0.25) is 4.79 Å². The van der Waals surface area contributed by atoms with E-state index in [1.165, 1.54) is 0 Å². The second-order valence-corrected chi connectivity index (χ2v) is 4.22. The van der Waals surface area contributed by atoms with Crippen molar-refractivity contribution in [3.63, 3.8) is 0 Å². The quantitative estimate of drug-likeness (QED) is 0.776. The first kappa shape index (κ1) is 14.2. The first-order chi connectivity index (χ1) is 7.82. The van der Waals surface area contributed by atoms with E-state index < -0.39 is 24.6 Å². The van der Waals surface area contributed by atoms with E-state index in [4.69, 9.17) is 9.84 Å². The van der Waals surface area contributed by atoms with Gasteiger partial charge in [0.05, 0.1) is 6.10 Å². The minimum absolute atomic E-state index is 0.0108. The van der Waals surface area contributed by atoms with E-state index in [-0.39, 0.29) is 12.0 Å². The van der Waals surface area contributed by atoms with Crippen LogP contribution in [0.15, 0.2) is 0 Å². The van der Waals surface area contributed by atoms with Gasteiger partial charge in [0.2, 0.25) is 0 Å². The van der Waals surface area contributed by atoms with Crippen LogP contribution in [0.3, 0.4) is 0 Å². The molecule has 1 fully saturated rings. The molecule has 0 spiro atoms. The van der Waals surface area contributed by atoms with Gasteiger partial charge in [0.25, 0.3) is 0 Å². The van der Waals surface area contributed by atoms with Crippen molar-refractivity contribution < 1.29 is 27.8 Å². The standard InChI is InChI=1S/C10H16F3NO3/c1-6-7(2-3-17-6)4-14-5-8(9(15)16)10(11,12)13/h6-8,14H,2-5H2,1H3,(H,15,16). The summed E-state index contributed by atoms with van der Waals surface area (Å²) < 4.78 is 42.2. The Bertz CT molecular complexity index is 270. The monoisotopic (exact) mass is 255 g/mol. The number of carbonyl (C=O) groups is 1. The summed E-state index contributed by atoms with van der Waals surface area (Å²) in [7, 11) is 0. The molecule has 7 heteroatoms. The average molecular weight is 255 g/mol. The minimum atomic E-state index is -4.71. The molecule has 4 nitrogen and oxygen atoms in total. The smallest absolute Gasteiger partial charge is 0.403 e. The van der Waals surface area contributed by atoms with Crippen LogP contribution < -0.4 is 5.32 Å². The highest BCUT2D eigenvalue weighted by molar-refractivity contribution is 5.71. The number of hydrogen-bond acceptors (Lipinski definition) is 3. The number of ether oxygens (including phenoxy) is 1. The van der Waals surface area contributed by atoms with Crippen molar-refractivity contribution in [2.24, 2.45) is 11.8 Å². The summed E-state index contributed by atoms with van der Waals surface area (Å²) in [6.07, 6.45) is -3.91. The second-order valence-electron chi connectivity index (χ2n) is 4.22. The van der Waals surface area contributed by atoms with Gasteiger partial charge < -0.3 is 15.2 Å². The van der Waals surface area contributed by atoms with Crippen LogP contribution in [-0.4, -0.2) is 43.1 Å². The van der Waals surface area contributed by atoms with E-state index in [1.807, 2.05) is 6.92 Å². The fourth-order valence-corrected chi connectivity index (χ4v) is 1.80. The molecule has 3 atom stereocenters. The maximum Gasteiger partial charge on any atom is 0.403 e. The van der Waals surface area contributed by atoms with Crippen molar-refractivity contribution in [2.75, 3.05) is 19.7 Å². The molecule has 0 amide bonds. The molecule has 1 aliphatic heterocycles. The largest absolute Gasteiger partial charge is 0.481 e. The molecular weight excluding hydrogens is 239 g/mol. The van der Waals surface area contributed by atoms with Gasteiger partial charge in [-0.25, -0.2) is 0 Å². The van der Waals surface area contributed by atoms with Crippen LogP contribution in [0.25, 0.3) is 0 Å². The topological polar surface area (TPSA) is 58.6 Å². The second kappa shape index (κ2) is 5.68. The van der Waals surface area contributed by atoms with Gasteiger partial charge in [0.1, 0.15) is 0 Å². The molecule has 1 rings (SSSR count). The lowest BCUT2D eigenvalue weighted by Gasteiger charge is -2.19. The van der Waals surface area contributed by atoms with E-state index in [9.17, 15) is 18.0 Å². The Morgan fingerprint density at radius 1 is 1.59 bits per heavy atom. The van der Waals surface area contributed by atoms with Crippen molar-refractivity contribution in [1.29, 1.82) is 0 Å². The molecule has 1 aliphatic rings. The summed E-state index contributed by atoms with van der Waals surface area (Å²) in [6, 6.07) is 0. The zero-order valence-electron chi connectivity index (χ0n) is 9.46. The fraction of sp³-hybridized carbons (Fsp3) is 0.900. The summed E-state index contributed by atoms with van der Waals surface area (Å²) in [4.78, 5) is 10.5. The molecule has 100 valence electrons. The van der Waals surface area contributed by atoms with E-state index in [1.54, 1.807) is 0 Å². The molecule has 2 N–H and O–H groups in total. The van der Waals surface area contributed by atoms with Crippen molar-refractivity contribution in [3.05, 3.63) is 0 Å². The number of halogens is 3. The number of aliphatic carboxylic acids is 1. The van der Waals surface area contributed by atoms with Crippen LogP contribution in [0.5, 0.6) is 0 Å². The Kier molecular flexibility index (Phi) is 4.76. The first-order valence-corrected chi connectivity index (χ1v) is 5.44. The predicted octanol–water partition coefficient (Wildman–Crippen LogP) is 1.26. The minimum Gasteiger partial charge on any atom is -0.481 e. The molecule has 1 heterocycles. The Balaban J connectivity index is 2.35. The highest BCUT2D eigenvalue weighted by atomic mass is 19.4. The molecule has 0 aromatic rings. The van der Waals surface area contributed by atoms with E-state index in [0.29, 0.717) is 13.2 Å². The molecule has 1 saturated heterocycles. The lowest BCUT2D eigenvalue weighted by Crippen LogP contribution is -2.41. The normalized spacial score (nSPS) is 27.1. The molecular formula is C10H16F3NO3. The maximum atomic E-state index is 12.3. The molecule has 3 unspecified atom stereocenters. The Morgan fingerprint density at radius 2 is 2.24 bits per heavy atom. The van der Waals surface area contributed by atoms with Crippen LogP contribution in [0, 0.1) is 11.8 Å². The number of carboxylic acids is 1. The lowest BCUT2D eigenvalue weighted by atomic mass is 10.0. The number of hydrogen-bond donors (Lipinski definition) is 2. The van der Waals surface area contributed by atoms with E-state index >= 15 is 0 Å². The van der Waals surface area contributed by atoms with Crippen LogP contribution >= 0.6 is 0 Å². The van der Waals surface area contributed by atoms with Gasteiger partial charge in [-0.15, -0.1) is 0 Å². The van der Waals surface area contributed by atoms with Gasteiger partial charge in [-0.05, 0) is 19.3 Å². The third-order valence-electron chi connectivity index (χ3n) is 2.98. The Hall–Kier alpha value is -0.820. The fourth-order valence-electron chi connectivity index (χ4n) is 1.80. The number of carboxylic acid groups (broad SMARTS) is 1. The van der Waals surface area contributed by atoms with Crippen molar-refractivity contribution in [1.82, 2.24) is 5.32 Å². The third kappa shape index (κ3) is 4.16. The molecule has 0 bridgehead atoms. The van der Waals surface area contributed by atoms with Crippen LogP contribution in [0.1, 0.15) is 13.3 Å². The molecule has 0 radical (unpaired) electrons. The van der Waals surface area contributed by atoms with Crippen molar-refractivity contribution in [2.45, 2.75) is 25.6 Å². The summed E-state index contributed by atoms with van der Waals surface area (Å²) in [6.45, 7) is 2.22. The third-order valence-corrected chi connectivity index (χ3v) is 2.98. The Morgan fingerprint density at radius 3 is 2.65 bits per heavy atom. The van der Waals surface area contributed by atoms with Gasteiger partial charge >= 0.3 is 12.1 Å². The average Bonchev–Trinajstić information content (AvgIpc) is 2.56. The number of nitrogens with one attached hydrogen (secondary N) is 1. The Labute approximate surface area is 97.1 Å². The lowest BCUT2D eigenvalue weighted by molar-refractivity contribution is -0.192. The summed E-state index contributed by atoms with van der Waals surface area (Å²) in [5, 5.41) is 11.0. The highest BCUT2D eigenvalue weighted by Crippen LogP contribution is 2.26. The zero-order valence-corrected chi connectivity index (χ0v) is 9.46. The van der Waals surface area contributed by atoms with Crippen LogP contribution in [-0.2, 0) is 9.53 Å². The first-order valence-electron chi connectivity index (χ1n) is 5.44. The predicted molar refractivity (Wildman–Crippen MR) is 53.6 cm³/mol. The van der Waals surface area contributed by atoms with Crippen molar-refractivity contribution in [3.8, 4) is 0 Å². The number of rotatable bonds is 5. The maximum absolute atomic E-state index is 12.3. The van der Waals surface area contributed by atoms with Gasteiger partial charge in [-0.2, -0.15) is 13.2 Å². The van der Waals surface area contributed by atoms with E-state index in [0.717, 1.165) is 6.42 Å². The van der Waals surface area contributed by atoms with Gasteiger partial charge in [-0.1, -0.05) is 0 Å².